The highest BCUT2D eigenvalue weighted by atomic mass is 16.5. The van der Waals surface area contributed by atoms with E-state index >= 15 is 0 Å². The third-order valence-electron chi connectivity index (χ3n) is 4.44. The summed E-state index contributed by atoms with van der Waals surface area (Å²) in [5, 5.41) is 1.07. The molecule has 2 atom stereocenters. The largest absolute Gasteiger partial charge is 0.469 e. The van der Waals surface area contributed by atoms with Crippen LogP contribution in [0, 0.1) is 5.92 Å². The number of nitrogens with zero attached hydrogens (tertiary/aromatic N) is 3. The van der Waals surface area contributed by atoms with Crippen LogP contribution in [0.4, 0.5) is 5.82 Å². The summed E-state index contributed by atoms with van der Waals surface area (Å²) in [6.07, 6.45) is 5.28. The number of fused-ring (bicyclic) bond motifs is 1. The first-order valence-corrected chi connectivity index (χ1v) is 7.32. The molecule has 21 heavy (non-hydrogen) atoms. The monoisotopic (exact) mass is 288 g/mol. The summed E-state index contributed by atoms with van der Waals surface area (Å²) in [6, 6.07) is 0.0788. The van der Waals surface area contributed by atoms with Crippen molar-refractivity contribution in [3.05, 3.63) is 18.1 Å². The zero-order chi connectivity index (χ0) is 15.0. The maximum absolute atomic E-state index is 11.9. The van der Waals surface area contributed by atoms with Crippen molar-refractivity contribution in [3.63, 3.8) is 0 Å². The number of anilines is 1. The molecule has 6 heteroatoms. The molecule has 1 N–H and O–H groups in total. The number of esters is 1. The van der Waals surface area contributed by atoms with Gasteiger partial charge in [-0.1, -0.05) is 6.92 Å². The molecule has 6 nitrogen and oxygen atoms in total. The average molecular weight is 288 g/mol. The van der Waals surface area contributed by atoms with Crippen LogP contribution in [0.3, 0.4) is 0 Å². The smallest absolute Gasteiger partial charge is 0.310 e. The number of H-pyrrole nitrogens is 1. The molecule has 3 rings (SSSR count). The lowest BCUT2D eigenvalue weighted by Gasteiger charge is -2.25. The van der Waals surface area contributed by atoms with Crippen LogP contribution in [0.5, 0.6) is 0 Å². The second-order valence-corrected chi connectivity index (χ2v) is 5.44. The lowest BCUT2D eigenvalue weighted by atomic mass is 10.0. The number of carbonyl (C=O) groups excluding carboxylic acids is 1. The molecule has 0 aliphatic carbocycles. The number of hydrogen-bond donors (Lipinski definition) is 1. The van der Waals surface area contributed by atoms with Crippen molar-refractivity contribution in [2.45, 2.75) is 32.7 Å². The summed E-state index contributed by atoms with van der Waals surface area (Å²) in [7, 11) is 1.45. The van der Waals surface area contributed by atoms with Crippen LogP contribution in [-0.4, -0.2) is 40.6 Å². The van der Waals surface area contributed by atoms with E-state index in [0.717, 1.165) is 36.2 Å². The number of methoxy groups -OCH3 is 1. The van der Waals surface area contributed by atoms with E-state index in [9.17, 15) is 4.79 Å². The Labute approximate surface area is 123 Å². The highest BCUT2D eigenvalue weighted by Crippen LogP contribution is 2.34. The highest BCUT2D eigenvalue weighted by molar-refractivity contribution is 5.91. The number of hydrogen-bond acceptors (Lipinski definition) is 5. The standard InChI is InChI=1S/C15H20N4O2/c1-4-10-7-16-13-12(10)14(18-8-17-13)19-6-5-11(9(19)2)15(20)21-3/h7-9,11H,4-6H2,1-3H3,(H,16,17,18). The quantitative estimate of drug-likeness (QED) is 0.874. The Morgan fingerprint density at radius 3 is 3.05 bits per heavy atom. The average Bonchev–Trinajstić information content (AvgIpc) is 3.09. The Hall–Kier alpha value is -2.11. The summed E-state index contributed by atoms with van der Waals surface area (Å²) in [4.78, 5) is 26.0. The van der Waals surface area contributed by atoms with Crippen molar-refractivity contribution >= 4 is 22.8 Å². The molecule has 3 heterocycles. The Bertz CT molecular complexity index is 667. The van der Waals surface area contributed by atoms with Crippen LogP contribution in [0.25, 0.3) is 11.0 Å². The van der Waals surface area contributed by atoms with Crippen LogP contribution in [0.2, 0.25) is 0 Å². The van der Waals surface area contributed by atoms with Crippen molar-refractivity contribution < 1.29 is 9.53 Å². The summed E-state index contributed by atoms with van der Waals surface area (Å²) in [5.41, 5.74) is 2.06. The Morgan fingerprint density at radius 2 is 2.33 bits per heavy atom. The zero-order valence-corrected chi connectivity index (χ0v) is 12.6. The zero-order valence-electron chi connectivity index (χ0n) is 12.6. The third-order valence-corrected chi connectivity index (χ3v) is 4.44. The SMILES string of the molecule is CCc1c[nH]c2ncnc(N3CCC(C(=O)OC)C3C)c12. The molecule has 1 aliphatic heterocycles. The topological polar surface area (TPSA) is 71.1 Å². The molecular formula is C15H20N4O2. The minimum absolute atomic E-state index is 0.0788. The van der Waals surface area contributed by atoms with Crippen molar-refractivity contribution in [1.82, 2.24) is 15.0 Å². The van der Waals surface area contributed by atoms with Gasteiger partial charge in [0.2, 0.25) is 0 Å². The number of rotatable bonds is 3. The van der Waals surface area contributed by atoms with Gasteiger partial charge in [-0.3, -0.25) is 4.79 Å². The Kier molecular flexibility index (Phi) is 3.53. The first-order valence-electron chi connectivity index (χ1n) is 7.32. The molecule has 1 aliphatic rings. The maximum atomic E-state index is 11.9. The van der Waals surface area contributed by atoms with E-state index in [1.54, 1.807) is 6.33 Å². The van der Waals surface area contributed by atoms with Crippen molar-refractivity contribution in [2.75, 3.05) is 18.6 Å². The predicted molar refractivity (Wildman–Crippen MR) is 80.2 cm³/mol. The molecule has 0 spiro atoms. The molecule has 0 radical (unpaired) electrons. The minimum Gasteiger partial charge on any atom is -0.469 e. The molecule has 0 saturated carbocycles. The van der Waals surface area contributed by atoms with Crippen LogP contribution >= 0.6 is 0 Å². The van der Waals surface area contributed by atoms with E-state index in [2.05, 4.69) is 33.7 Å². The minimum atomic E-state index is -0.139. The van der Waals surface area contributed by atoms with E-state index in [-0.39, 0.29) is 17.9 Å². The fourth-order valence-corrected chi connectivity index (χ4v) is 3.21. The molecule has 0 bridgehead atoms. The summed E-state index contributed by atoms with van der Waals surface area (Å²) in [5.74, 6) is 0.682. The van der Waals surface area contributed by atoms with Gasteiger partial charge in [0.05, 0.1) is 18.4 Å². The van der Waals surface area contributed by atoms with Crippen LogP contribution in [0.15, 0.2) is 12.5 Å². The number of aromatic amines is 1. The lowest BCUT2D eigenvalue weighted by Crippen LogP contribution is -2.34. The Morgan fingerprint density at radius 1 is 1.52 bits per heavy atom. The van der Waals surface area contributed by atoms with Gasteiger partial charge < -0.3 is 14.6 Å². The van der Waals surface area contributed by atoms with Gasteiger partial charge in [-0.25, -0.2) is 9.97 Å². The molecule has 0 amide bonds. The van der Waals surface area contributed by atoms with Gasteiger partial charge in [0.1, 0.15) is 17.8 Å². The van der Waals surface area contributed by atoms with Gasteiger partial charge >= 0.3 is 5.97 Å². The number of aromatic nitrogens is 3. The van der Waals surface area contributed by atoms with E-state index in [1.807, 2.05) is 6.20 Å². The van der Waals surface area contributed by atoms with E-state index < -0.39 is 0 Å². The predicted octanol–water partition coefficient (Wildman–Crippen LogP) is 1.91. The molecule has 2 aromatic heterocycles. The first-order chi connectivity index (χ1) is 10.2. The van der Waals surface area contributed by atoms with E-state index in [4.69, 9.17) is 4.74 Å². The summed E-state index contributed by atoms with van der Waals surface area (Å²) >= 11 is 0. The Balaban J connectivity index is 2.01. The number of aryl methyl sites for hydroxylation is 1. The van der Waals surface area contributed by atoms with Crippen LogP contribution in [0.1, 0.15) is 25.8 Å². The molecule has 1 fully saturated rings. The molecule has 112 valence electrons. The number of ether oxygens (including phenoxy) is 1. The number of nitrogens with one attached hydrogen (secondary N) is 1. The fourth-order valence-electron chi connectivity index (χ4n) is 3.21. The van der Waals surface area contributed by atoms with Crippen LogP contribution in [-0.2, 0) is 16.0 Å². The third kappa shape index (κ3) is 2.14. The van der Waals surface area contributed by atoms with Gasteiger partial charge in [-0.2, -0.15) is 0 Å². The molecule has 2 unspecified atom stereocenters. The van der Waals surface area contributed by atoms with Crippen molar-refractivity contribution in [2.24, 2.45) is 5.92 Å². The second kappa shape index (κ2) is 5.35. The van der Waals surface area contributed by atoms with Gasteiger partial charge in [-0.05, 0) is 25.3 Å². The summed E-state index contributed by atoms with van der Waals surface area (Å²) in [6.45, 7) is 4.98. The van der Waals surface area contributed by atoms with Gasteiger partial charge in [0.15, 0.2) is 0 Å². The van der Waals surface area contributed by atoms with Crippen LogP contribution < -0.4 is 4.90 Å². The van der Waals surface area contributed by atoms with Crippen molar-refractivity contribution in [3.8, 4) is 0 Å². The fraction of sp³-hybridized carbons (Fsp3) is 0.533. The van der Waals surface area contributed by atoms with Gasteiger partial charge in [0.25, 0.3) is 0 Å². The van der Waals surface area contributed by atoms with Gasteiger partial charge in [0, 0.05) is 18.8 Å². The van der Waals surface area contributed by atoms with E-state index in [0.29, 0.717) is 0 Å². The normalized spacial score (nSPS) is 22.0. The maximum Gasteiger partial charge on any atom is 0.310 e. The molecule has 0 aromatic carbocycles. The molecule has 2 aromatic rings. The summed E-state index contributed by atoms with van der Waals surface area (Å²) < 4.78 is 4.90. The number of carbonyl (C=O) groups is 1. The van der Waals surface area contributed by atoms with Crippen molar-refractivity contribution in [1.29, 1.82) is 0 Å². The molecule has 1 saturated heterocycles. The lowest BCUT2D eigenvalue weighted by molar-refractivity contribution is -0.145. The van der Waals surface area contributed by atoms with Gasteiger partial charge in [-0.15, -0.1) is 0 Å². The van der Waals surface area contributed by atoms with E-state index in [1.165, 1.54) is 12.7 Å². The second-order valence-electron chi connectivity index (χ2n) is 5.44. The first kappa shape index (κ1) is 13.9. The molecular weight excluding hydrogens is 268 g/mol. The highest BCUT2D eigenvalue weighted by Gasteiger charge is 2.37.